The number of anilines is 1. The van der Waals surface area contributed by atoms with Crippen molar-refractivity contribution in [1.29, 1.82) is 0 Å². The van der Waals surface area contributed by atoms with Crippen molar-refractivity contribution in [2.75, 3.05) is 11.9 Å². The second-order valence-corrected chi connectivity index (χ2v) is 7.48. The van der Waals surface area contributed by atoms with E-state index in [9.17, 15) is 14.4 Å². The quantitative estimate of drug-likeness (QED) is 0.625. The molecule has 3 aliphatic rings. The lowest BCUT2D eigenvalue weighted by molar-refractivity contribution is -0.145. The van der Waals surface area contributed by atoms with E-state index in [2.05, 4.69) is 5.32 Å². The monoisotopic (exact) mass is 357 g/mol. The van der Waals surface area contributed by atoms with Gasteiger partial charge in [0.15, 0.2) is 0 Å². The molecule has 4 rings (SSSR count). The number of carbonyl (C=O) groups is 3. The van der Waals surface area contributed by atoms with Gasteiger partial charge in [0.1, 0.15) is 6.10 Å². The first-order chi connectivity index (χ1) is 12.6. The minimum atomic E-state index is -0.357. The number of amides is 1. The number of benzene rings is 1. The molecule has 138 valence electrons. The zero-order valence-corrected chi connectivity index (χ0v) is 14.8. The molecular formula is C20H23NO5. The molecule has 0 aromatic heterocycles. The summed E-state index contributed by atoms with van der Waals surface area (Å²) in [6, 6.07) is 6.67. The van der Waals surface area contributed by atoms with Crippen LogP contribution in [-0.4, -0.2) is 30.6 Å². The van der Waals surface area contributed by atoms with Gasteiger partial charge in [0.05, 0.1) is 24.0 Å². The van der Waals surface area contributed by atoms with Crippen LogP contribution in [0.25, 0.3) is 0 Å². The van der Waals surface area contributed by atoms with E-state index in [1.807, 2.05) is 6.92 Å². The van der Waals surface area contributed by atoms with Gasteiger partial charge < -0.3 is 14.8 Å². The van der Waals surface area contributed by atoms with Crippen LogP contribution in [0.5, 0.6) is 0 Å². The van der Waals surface area contributed by atoms with Crippen LogP contribution >= 0.6 is 0 Å². The van der Waals surface area contributed by atoms with Crippen molar-refractivity contribution in [2.45, 2.75) is 38.7 Å². The number of carbonyl (C=O) groups excluding carboxylic acids is 3. The summed E-state index contributed by atoms with van der Waals surface area (Å²) < 4.78 is 10.6. The summed E-state index contributed by atoms with van der Waals surface area (Å²) in [7, 11) is 0. The van der Waals surface area contributed by atoms with Crippen LogP contribution in [-0.2, 0) is 19.1 Å². The molecule has 2 bridgehead atoms. The van der Waals surface area contributed by atoms with Gasteiger partial charge in [-0.1, -0.05) is 13.3 Å². The van der Waals surface area contributed by atoms with Gasteiger partial charge in [-0.15, -0.1) is 0 Å². The Balaban J connectivity index is 1.38. The lowest BCUT2D eigenvalue weighted by atomic mass is 9.79. The summed E-state index contributed by atoms with van der Waals surface area (Å²) >= 11 is 0. The van der Waals surface area contributed by atoms with Crippen LogP contribution in [0, 0.1) is 23.7 Å². The molecule has 1 amide bonds. The van der Waals surface area contributed by atoms with Crippen LogP contribution in [0.15, 0.2) is 24.3 Å². The number of hydrogen-bond acceptors (Lipinski definition) is 5. The predicted octanol–water partition coefficient (Wildman–Crippen LogP) is 2.78. The molecule has 2 saturated carbocycles. The smallest absolute Gasteiger partial charge is 0.338 e. The third-order valence-electron chi connectivity index (χ3n) is 5.91. The molecule has 3 fully saturated rings. The Bertz CT molecular complexity index is 726. The largest absolute Gasteiger partial charge is 0.462 e. The van der Waals surface area contributed by atoms with Gasteiger partial charge in [0, 0.05) is 11.6 Å². The maximum absolute atomic E-state index is 12.7. The summed E-state index contributed by atoms with van der Waals surface area (Å²) in [6.45, 7) is 2.45. The van der Waals surface area contributed by atoms with Crippen molar-refractivity contribution >= 4 is 23.5 Å². The molecule has 1 heterocycles. The molecule has 6 nitrogen and oxygen atoms in total. The summed E-state index contributed by atoms with van der Waals surface area (Å²) in [5.41, 5.74) is 1.08. The normalized spacial score (nSPS) is 31.0. The Morgan fingerprint density at radius 1 is 1.23 bits per heavy atom. The number of fused-ring (bicyclic) bond motifs is 1. The Morgan fingerprint density at radius 2 is 2.00 bits per heavy atom. The SMILES string of the molecule is CCCCOC(=O)c1ccc(NC(=O)[C@@H]2[C@@H]3C[C@@H]4[C@H]2C(=O)O[C@H]4C3)cc1. The van der Waals surface area contributed by atoms with E-state index in [0.717, 1.165) is 25.7 Å². The molecule has 26 heavy (non-hydrogen) atoms. The van der Waals surface area contributed by atoms with Crippen LogP contribution in [0.4, 0.5) is 5.69 Å². The summed E-state index contributed by atoms with van der Waals surface area (Å²) in [5.74, 6) is -0.846. The zero-order valence-electron chi connectivity index (χ0n) is 14.8. The van der Waals surface area contributed by atoms with Crippen molar-refractivity contribution in [1.82, 2.24) is 0 Å². The minimum Gasteiger partial charge on any atom is -0.462 e. The third kappa shape index (κ3) is 2.87. The van der Waals surface area contributed by atoms with Crippen molar-refractivity contribution in [3.63, 3.8) is 0 Å². The highest BCUT2D eigenvalue weighted by Gasteiger charge is 2.63. The zero-order chi connectivity index (χ0) is 18.3. The van der Waals surface area contributed by atoms with Gasteiger partial charge in [0.2, 0.25) is 5.91 Å². The van der Waals surface area contributed by atoms with Gasteiger partial charge in [-0.2, -0.15) is 0 Å². The number of hydrogen-bond donors (Lipinski definition) is 1. The molecule has 0 spiro atoms. The van der Waals surface area contributed by atoms with Gasteiger partial charge >= 0.3 is 11.9 Å². The molecule has 1 aliphatic heterocycles. The van der Waals surface area contributed by atoms with Gasteiger partial charge in [0.25, 0.3) is 0 Å². The molecule has 1 aromatic rings. The van der Waals surface area contributed by atoms with Gasteiger partial charge in [-0.3, -0.25) is 9.59 Å². The number of ether oxygens (including phenoxy) is 2. The standard InChI is InChI=1S/C20H23NO5/c1-2-3-8-25-19(23)11-4-6-13(7-5-11)21-18(22)16-12-9-14-15(10-12)26-20(24)17(14)16/h4-7,12,14-17H,2-3,8-10H2,1H3,(H,21,22)/t12-,14+,15+,16-,17-/m1/s1. The maximum atomic E-state index is 12.7. The first-order valence-corrected chi connectivity index (χ1v) is 9.37. The van der Waals surface area contributed by atoms with Crippen LogP contribution in [0.3, 0.4) is 0 Å². The Kier molecular flexibility index (Phi) is 4.42. The average Bonchev–Trinajstić information content (AvgIpc) is 3.24. The topological polar surface area (TPSA) is 81.7 Å². The summed E-state index contributed by atoms with van der Waals surface area (Å²) in [4.78, 5) is 36.7. The Hall–Kier alpha value is -2.37. The number of esters is 2. The van der Waals surface area contributed by atoms with Crippen LogP contribution in [0.2, 0.25) is 0 Å². The Labute approximate surface area is 152 Å². The van der Waals surface area contributed by atoms with E-state index in [-0.39, 0.29) is 47.6 Å². The number of nitrogens with one attached hydrogen (secondary N) is 1. The molecular weight excluding hydrogens is 334 g/mol. The first kappa shape index (κ1) is 17.1. The van der Waals surface area contributed by atoms with E-state index < -0.39 is 0 Å². The lowest BCUT2D eigenvalue weighted by Gasteiger charge is -2.23. The molecule has 2 aliphatic carbocycles. The molecule has 1 saturated heterocycles. The van der Waals surface area contributed by atoms with E-state index in [4.69, 9.17) is 9.47 Å². The molecule has 1 N–H and O–H groups in total. The average molecular weight is 357 g/mol. The van der Waals surface area contributed by atoms with Crippen molar-refractivity contribution in [2.24, 2.45) is 23.7 Å². The second-order valence-electron chi connectivity index (χ2n) is 7.48. The van der Waals surface area contributed by atoms with E-state index in [1.165, 1.54) is 0 Å². The first-order valence-electron chi connectivity index (χ1n) is 9.37. The fourth-order valence-electron chi connectivity index (χ4n) is 4.67. The van der Waals surface area contributed by atoms with Crippen LogP contribution in [0.1, 0.15) is 43.0 Å². The highest BCUT2D eigenvalue weighted by molar-refractivity contribution is 5.97. The fraction of sp³-hybridized carbons (Fsp3) is 0.550. The highest BCUT2D eigenvalue weighted by Crippen LogP contribution is 2.57. The lowest BCUT2D eigenvalue weighted by Crippen LogP contribution is -2.35. The fourth-order valence-corrected chi connectivity index (χ4v) is 4.67. The van der Waals surface area contributed by atoms with Crippen LogP contribution < -0.4 is 5.32 Å². The maximum Gasteiger partial charge on any atom is 0.338 e. The number of unbranched alkanes of at least 4 members (excludes halogenated alkanes) is 1. The summed E-state index contributed by atoms with van der Waals surface area (Å²) in [6.07, 6.45) is 3.54. The van der Waals surface area contributed by atoms with E-state index in [1.54, 1.807) is 24.3 Å². The van der Waals surface area contributed by atoms with Crippen molar-refractivity contribution < 1.29 is 23.9 Å². The Morgan fingerprint density at radius 3 is 2.73 bits per heavy atom. The molecule has 0 radical (unpaired) electrons. The molecule has 0 unspecified atom stereocenters. The van der Waals surface area contributed by atoms with Crippen molar-refractivity contribution in [3.8, 4) is 0 Å². The predicted molar refractivity (Wildman–Crippen MR) is 93.3 cm³/mol. The summed E-state index contributed by atoms with van der Waals surface area (Å²) in [5, 5.41) is 2.89. The second kappa shape index (κ2) is 6.74. The van der Waals surface area contributed by atoms with Gasteiger partial charge in [-0.05, 0) is 49.4 Å². The van der Waals surface area contributed by atoms with E-state index in [0.29, 0.717) is 17.9 Å². The molecule has 5 atom stereocenters. The minimum absolute atomic E-state index is 0.0274. The van der Waals surface area contributed by atoms with Gasteiger partial charge in [-0.25, -0.2) is 4.79 Å². The van der Waals surface area contributed by atoms with E-state index >= 15 is 0 Å². The number of rotatable bonds is 6. The molecule has 1 aromatic carbocycles. The highest BCUT2D eigenvalue weighted by atomic mass is 16.6. The van der Waals surface area contributed by atoms with Crippen molar-refractivity contribution in [3.05, 3.63) is 29.8 Å². The molecule has 6 heteroatoms. The third-order valence-corrected chi connectivity index (χ3v) is 5.91.